The summed E-state index contributed by atoms with van der Waals surface area (Å²) in [4.78, 5) is 26.1. The smallest absolute Gasteiger partial charge is 0.341 e. The van der Waals surface area contributed by atoms with E-state index in [4.69, 9.17) is 4.74 Å². The number of benzene rings is 1. The zero-order valence-corrected chi connectivity index (χ0v) is 17.0. The van der Waals surface area contributed by atoms with Gasteiger partial charge in [-0.3, -0.25) is 4.79 Å². The first-order valence-electron chi connectivity index (χ1n) is 9.14. The molecule has 1 N–H and O–H groups in total. The molecule has 0 spiro atoms. The second kappa shape index (κ2) is 8.80. The zero-order valence-electron chi connectivity index (χ0n) is 16.1. The third-order valence-corrected chi connectivity index (χ3v) is 5.47. The largest absolute Gasteiger partial charge is 0.462 e. The van der Waals surface area contributed by atoms with Gasteiger partial charge in [0, 0.05) is 23.9 Å². The number of carbonyl (C=O) groups excluding carboxylic acids is 2. The molecule has 0 aliphatic heterocycles. The van der Waals surface area contributed by atoms with Gasteiger partial charge in [-0.15, -0.1) is 11.3 Å². The number of aromatic nitrogens is 1. The molecule has 0 aliphatic carbocycles. The van der Waals surface area contributed by atoms with Crippen molar-refractivity contribution in [2.75, 3.05) is 11.9 Å². The minimum Gasteiger partial charge on any atom is -0.462 e. The molecule has 0 aliphatic rings. The molecule has 2 aromatic heterocycles. The molecule has 6 heteroatoms. The van der Waals surface area contributed by atoms with Crippen LogP contribution in [0.5, 0.6) is 0 Å². The second-order valence-electron chi connectivity index (χ2n) is 6.43. The first kappa shape index (κ1) is 19.8. The Morgan fingerprint density at radius 1 is 1.14 bits per heavy atom. The van der Waals surface area contributed by atoms with E-state index < -0.39 is 12.0 Å². The van der Waals surface area contributed by atoms with E-state index in [2.05, 4.69) is 5.32 Å². The van der Waals surface area contributed by atoms with E-state index in [1.54, 1.807) is 13.0 Å². The van der Waals surface area contributed by atoms with Crippen molar-refractivity contribution in [2.24, 2.45) is 0 Å². The van der Waals surface area contributed by atoms with Crippen molar-refractivity contribution in [3.8, 4) is 10.4 Å². The molecule has 1 amide bonds. The number of thiophene rings is 1. The lowest BCUT2D eigenvalue weighted by molar-refractivity contribution is -0.705. The van der Waals surface area contributed by atoms with Crippen LogP contribution in [0.1, 0.15) is 35.8 Å². The SMILES string of the molecule is CCOC(=O)c1cc(-c2ccccc2)sc1NC(=O)[C@H](C)[n+]1ccc(C)cc1. The normalized spacial score (nSPS) is 11.7. The maximum absolute atomic E-state index is 12.8. The molecule has 2 heterocycles. The van der Waals surface area contributed by atoms with Crippen LogP contribution >= 0.6 is 11.3 Å². The van der Waals surface area contributed by atoms with Crippen LogP contribution in [-0.2, 0) is 9.53 Å². The molecule has 144 valence electrons. The highest BCUT2D eigenvalue weighted by Crippen LogP contribution is 2.36. The van der Waals surface area contributed by atoms with Gasteiger partial charge in [0.1, 0.15) is 5.00 Å². The summed E-state index contributed by atoms with van der Waals surface area (Å²) in [6.07, 6.45) is 3.74. The number of esters is 1. The Bertz CT molecular complexity index is 965. The van der Waals surface area contributed by atoms with Crippen molar-refractivity contribution in [2.45, 2.75) is 26.8 Å². The average Bonchev–Trinajstić information content (AvgIpc) is 3.13. The number of amides is 1. The molecule has 28 heavy (non-hydrogen) atoms. The predicted octanol–water partition coefficient (Wildman–Crippen LogP) is 4.39. The van der Waals surface area contributed by atoms with Crippen LogP contribution in [-0.4, -0.2) is 18.5 Å². The standard InChI is InChI=1S/C22H22N2O3S/c1-4-27-22(26)18-14-19(17-8-6-5-7-9-17)28-21(18)23-20(25)16(3)24-12-10-15(2)11-13-24/h5-14,16H,4H2,1-3H3/p+1/t16-/m0/s1. The number of carbonyl (C=O) groups is 2. The van der Waals surface area contributed by atoms with Gasteiger partial charge in [0.2, 0.25) is 6.04 Å². The number of ether oxygens (including phenoxy) is 1. The Balaban J connectivity index is 1.88. The van der Waals surface area contributed by atoms with E-state index >= 15 is 0 Å². The summed E-state index contributed by atoms with van der Waals surface area (Å²) in [6, 6.07) is 15.0. The van der Waals surface area contributed by atoms with E-state index in [0.717, 1.165) is 16.0 Å². The van der Waals surface area contributed by atoms with Crippen LogP contribution in [0, 0.1) is 6.92 Å². The van der Waals surface area contributed by atoms with Crippen molar-refractivity contribution in [3.05, 3.63) is 72.1 Å². The third kappa shape index (κ3) is 4.46. The number of rotatable bonds is 6. The summed E-state index contributed by atoms with van der Waals surface area (Å²) in [7, 11) is 0. The highest BCUT2D eigenvalue weighted by atomic mass is 32.1. The van der Waals surface area contributed by atoms with Crippen molar-refractivity contribution in [3.63, 3.8) is 0 Å². The van der Waals surface area contributed by atoms with Gasteiger partial charge >= 0.3 is 5.97 Å². The zero-order chi connectivity index (χ0) is 20.1. The highest BCUT2D eigenvalue weighted by molar-refractivity contribution is 7.20. The summed E-state index contributed by atoms with van der Waals surface area (Å²) < 4.78 is 7.00. The Hall–Kier alpha value is -2.99. The molecule has 1 atom stereocenters. The lowest BCUT2D eigenvalue weighted by atomic mass is 10.1. The van der Waals surface area contributed by atoms with E-state index in [9.17, 15) is 9.59 Å². The minimum absolute atomic E-state index is 0.194. The number of hydrogen-bond acceptors (Lipinski definition) is 4. The number of hydrogen-bond donors (Lipinski definition) is 1. The van der Waals surface area contributed by atoms with E-state index in [1.165, 1.54) is 11.3 Å². The van der Waals surface area contributed by atoms with Gasteiger partial charge in [-0.05, 0) is 31.0 Å². The number of nitrogens with one attached hydrogen (secondary N) is 1. The molecule has 3 rings (SSSR count). The lowest BCUT2D eigenvalue weighted by Gasteiger charge is -2.09. The molecule has 0 saturated heterocycles. The Kier molecular flexibility index (Phi) is 6.21. The first-order chi connectivity index (χ1) is 13.5. The molecule has 0 radical (unpaired) electrons. The molecule has 0 bridgehead atoms. The number of pyridine rings is 1. The fraction of sp³-hybridized carbons (Fsp3) is 0.227. The summed E-state index contributed by atoms with van der Waals surface area (Å²) in [6.45, 7) is 5.85. The maximum Gasteiger partial charge on any atom is 0.341 e. The summed E-state index contributed by atoms with van der Waals surface area (Å²) in [5, 5.41) is 3.41. The van der Waals surface area contributed by atoms with E-state index in [-0.39, 0.29) is 12.5 Å². The van der Waals surface area contributed by atoms with Crippen molar-refractivity contribution >= 4 is 28.2 Å². The van der Waals surface area contributed by atoms with Crippen molar-refractivity contribution in [1.29, 1.82) is 0 Å². The molecular formula is C22H23N2O3S+. The van der Waals surface area contributed by atoms with E-state index in [0.29, 0.717) is 10.6 Å². The second-order valence-corrected chi connectivity index (χ2v) is 7.48. The van der Waals surface area contributed by atoms with Gasteiger partial charge in [-0.2, -0.15) is 4.57 Å². The van der Waals surface area contributed by atoms with Crippen LogP contribution in [0.2, 0.25) is 0 Å². The molecule has 0 saturated carbocycles. The number of nitrogens with zero attached hydrogens (tertiary/aromatic N) is 1. The summed E-state index contributed by atoms with van der Waals surface area (Å²) in [5.41, 5.74) is 2.49. The van der Waals surface area contributed by atoms with Crippen molar-refractivity contribution < 1.29 is 18.9 Å². The monoisotopic (exact) mass is 395 g/mol. The Morgan fingerprint density at radius 2 is 1.82 bits per heavy atom. The van der Waals surface area contributed by atoms with Gasteiger partial charge in [-0.1, -0.05) is 30.3 Å². The molecular weight excluding hydrogens is 372 g/mol. The fourth-order valence-corrected chi connectivity index (χ4v) is 3.77. The molecule has 0 fully saturated rings. The lowest BCUT2D eigenvalue weighted by Crippen LogP contribution is -2.44. The first-order valence-corrected chi connectivity index (χ1v) is 9.96. The quantitative estimate of drug-likeness (QED) is 0.497. The Labute approximate surface area is 168 Å². The van der Waals surface area contributed by atoms with Crippen LogP contribution in [0.25, 0.3) is 10.4 Å². The minimum atomic E-state index is -0.438. The predicted molar refractivity (Wildman–Crippen MR) is 110 cm³/mol. The fourth-order valence-electron chi connectivity index (χ4n) is 2.71. The van der Waals surface area contributed by atoms with Gasteiger partial charge in [0.05, 0.1) is 12.2 Å². The summed E-state index contributed by atoms with van der Waals surface area (Å²) in [5.74, 6) is -0.632. The topological polar surface area (TPSA) is 59.3 Å². The van der Waals surface area contributed by atoms with Crippen LogP contribution < -0.4 is 9.88 Å². The van der Waals surface area contributed by atoms with Gasteiger partial charge in [0.15, 0.2) is 12.4 Å². The van der Waals surface area contributed by atoms with Gasteiger partial charge in [-0.25, -0.2) is 4.79 Å². The van der Waals surface area contributed by atoms with Crippen molar-refractivity contribution in [1.82, 2.24) is 0 Å². The van der Waals surface area contributed by atoms with Gasteiger partial charge in [0.25, 0.3) is 5.91 Å². The van der Waals surface area contributed by atoms with Gasteiger partial charge < -0.3 is 10.1 Å². The summed E-state index contributed by atoms with van der Waals surface area (Å²) >= 11 is 1.37. The average molecular weight is 396 g/mol. The molecule has 5 nitrogen and oxygen atoms in total. The molecule has 1 aromatic carbocycles. The number of aryl methyl sites for hydroxylation is 1. The molecule has 0 unspecified atom stereocenters. The van der Waals surface area contributed by atoms with Crippen LogP contribution in [0.15, 0.2) is 60.9 Å². The Morgan fingerprint density at radius 3 is 2.46 bits per heavy atom. The number of anilines is 1. The highest BCUT2D eigenvalue weighted by Gasteiger charge is 2.26. The van der Waals surface area contributed by atoms with Crippen LogP contribution in [0.4, 0.5) is 5.00 Å². The third-order valence-electron chi connectivity index (χ3n) is 4.37. The molecule has 3 aromatic rings. The van der Waals surface area contributed by atoms with E-state index in [1.807, 2.05) is 73.3 Å². The maximum atomic E-state index is 12.8. The van der Waals surface area contributed by atoms with Crippen LogP contribution in [0.3, 0.4) is 0 Å².